The van der Waals surface area contributed by atoms with Crippen molar-refractivity contribution in [1.29, 1.82) is 0 Å². The van der Waals surface area contributed by atoms with E-state index >= 15 is 0 Å². The average Bonchev–Trinajstić information content (AvgIpc) is 3.33. The minimum Gasteiger partial charge on any atom is -0.360 e. The van der Waals surface area contributed by atoms with Gasteiger partial charge in [-0.25, -0.2) is 4.98 Å². The summed E-state index contributed by atoms with van der Waals surface area (Å²) in [5.74, 6) is 0.888. The fourth-order valence-electron chi connectivity index (χ4n) is 3.44. The van der Waals surface area contributed by atoms with Gasteiger partial charge in [-0.3, -0.25) is 9.89 Å². The Balaban J connectivity index is 0.000000948. The normalized spacial score (nSPS) is 16.0. The van der Waals surface area contributed by atoms with Crippen LogP contribution in [0.1, 0.15) is 70.1 Å². The van der Waals surface area contributed by atoms with Crippen LogP contribution >= 0.6 is 0 Å². The highest BCUT2D eigenvalue weighted by atomic mass is 16.5. The minimum atomic E-state index is -0.141. The lowest BCUT2D eigenvalue weighted by atomic mass is 9.83. The largest absolute Gasteiger partial charge is 0.360 e. The number of rotatable bonds is 5. The molecule has 26 heavy (non-hydrogen) atoms. The highest BCUT2D eigenvalue weighted by molar-refractivity contribution is 5.86. The van der Waals surface area contributed by atoms with E-state index in [1.54, 1.807) is 6.20 Å². The van der Waals surface area contributed by atoms with Crippen molar-refractivity contribution in [2.45, 2.75) is 65.2 Å². The molecule has 1 aliphatic rings. The second kappa shape index (κ2) is 8.25. The van der Waals surface area contributed by atoms with Gasteiger partial charge in [0, 0.05) is 17.4 Å². The molecule has 4 rings (SSSR count). The zero-order chi connectivity index (χ0) is 18.5. The van der Waals surface area contributed by atoms with Crippen LogP contribution in [0.3, 0.4) is 0 Å². The number of carbonyl (C=O) groups is 1. The number of aromatic nitrogens is 4. The number of nitrogens with zero attached hydrogens (tertiary/aromatic N) is 3. The molecule has 0 amide bonds. The van der Waals surface area contributed by atoms with E-state index in [1.165, 1.54) is 0 Å². The van der Waals surface area contributed by atoms with Crippen LogP contribution in [-0.2, 0) is 11.2 Å². The van der Waals surface area contributed by atoms with Crippen LogP contribution in [0.15, 0.2) is 22.9 Å². The number of fused-ring (bicyclic) bond motifs is 2. The number of hydrogen-bond donors (Lipinski definition) is 1. The van der Waals surface area contributed by atoms with Gasteiger partial charge in [-0.15, -0.1) is 0 Å². The first kappa shape index (κ1) is 18.3. The molecule has 0 radical (unpaired) electrons. The van der Waals surface area contributed by atoms with Crippen LogP contribution in [-0.4, -0.2) is 26.1 Å². The molecule has 0 aliphatic heterocycles. The number of unbranched alkanes of at least 4 members (excludes halogenated alkanes) is 1. The molecule has 1 unspecified atom stereocenters. The van der Waals surface area contributed by atoms with E-state index in [0.717, 1.165) is 65.8 Å². The molecule has 6 nitrogen and oxygen atoms in total. The average molecular weight is 354 g/mol. The monoisotopic (exact) mass is 354 g/mol. The van der Waals surface area contributed by atoms with E-state index in [9.17, 15) is 4.79 Å². The molecule has 1 N–H and O–H groups in total. The van der Waals surface area contributed by atoms with Gasteiger partial charge in [-0.05, 0) is 37.8 Å². The summed E-state index contributed by atoms with van der Waals surface area (Å²) < 4.78 is 5.61. The Morgan fingerprint density at radius 3 is 3.00 bits per heavy atom. The molecule has 6 heteroatoms. The lowest BCUT2D eigenvalue weighted by molar-refractivity contribution is -0.121. The molecule has 138 valence electrons. The van der Waals surface area contributed by atoms with Crippen molar-refractivity contribution in [2.24, 2.45) is 0 Å². The van der Waals surface area contributed by atoms with Crippen molar-refractivity contribution >= 4 is 16.8 Å². The Labute approximate surface area is 153 Å². The lowest BCUT2D eigenvalue weighted by Gasteiger charge is -2.19. The SMILES string of the molecule is CC.CCCCC(=O)C1CCCc2c(-c3ccc4cn[nH]c4n3)noc21. The summed E-state index contributed by atoms with van der Waals surface area (Å²) in [5, 5.41) is 12.1. The maximum atomic E-state index is 12.5. The van der Waals surface area contributed by atoms with Crippen LogP contribution < -0.4 is 0 Å². The number of pyridine rings is 1. The summed E-state index contributed by atoms with van der Waals surface area (Å²) >= 11 is 0. The summed E-state index contributed by atoms with van der Waals surface area (Å²) in [4.78, 5) is 17.1. The zero-order valence-corrected chi connectivity index (χ0v) is 15.7. The minimum absolute atomic E-state index is 0.141. The molecule has 0 bridgehead atoms. The van der Waals surface area contributed by atoms with Crippen molar-refractivity contribution < 1.29 is 9.32 Å². The molecule has 3 aromatic heterocycles. The highest BCUT2D eigenvalue weighted by Gasteiger charge is 2.32. The zero-order valence-electron chi connectivity index (χ0n) is 15.7. The number of ketones is 1. The third-order valence-corrected chi connectivity index (χ3v) is 4.76. The predicted octanol–water partition coefficient (Wildman–Crippen LogP) is 4.82. The molecule has 1 atom stereocenters. The molecule has 3 heterocycles. The van der Waals surface area contributed by atoms with Crippen molar-refractivity contribution in [3.8, 4) is 11.4 Å². The second-order valence-corrected chi connectivity index (χ2v) is 6.39. The lowest BCUT2D eigenvalue weighted by Crippen LogP contribution is -2.17. The Morgan fingerprint density at radius 2 is 2.19 bits per heavy atom. The van der Waals surface area contributed by atoms with E-state index in [2.05, 4.69) is 27.3 Å². The molecular weight excluding hydrogens is 328 g/mol. The smallest absolute Gasteiger partial charge is 0.155 e. The predicted molar refractivity (Wildman–Crippen MR) is 101 cm³/mol. The van der Waals surface area contributed by atoms with Gasteiger partial charge in [-0.1, -0.05) is 32.3 Å². The van der Waals surface area contributed by atoms with Gasteiger partial charge in [0.05, 0.1) is 17.8 Å². The number of Topliss-reactive ketones (excluding diaryl/α,β-unsaturated/α-hetero) is 1. The number of hydrogen-bond acceptors (Lipinski definition) is 5. The number of H-pyrrole nitrogens is 1. The maximum absolute atomic E-state index is 12.5. The van der Waals surface area contributed by atoms with Gasteiger partial charge < -0.3 is 4.52 Å². The third kappa shape index (κ3) is 3.41. The molecular formula is C20H26N4O2. The van der Waals surface area contributed by atoms with E-state index in [-0.39, 0.29) is 11.7 Å². The molecule has 0 fully saturated rings. The number of aromatic amines is 1. The van der Waals surface area contributed by atoms with Crippen molar-refractivity contribution in [3.63, 3.8) is 0 Å². The Morgan fingerprint density at radius 1 is 1.35 bits per heavy atom. The summed E-state index contributed by atoms with van der Waals surface area (Å²) in [5.41, 5.74) is 3.30. The van der Waals surface area contributed by atoms with Crippen LogP contribution in [0.25, 0.3) is 22.4 Å². The third-order valence-electron chi connectivity index (χ3n) is 4.76. The number of carbonyl (C=O) groups excluding carboxylic acids is 1. The van der Waals surface area contributed by atoms with Crippen molar-refractivity contribution in [2.75, 3.05) is 0 Å². The van der Waals surface area contributed by atoms with Crippen molar-refractivity contribution in [3.05, 3.63) is 29.7 Å². The first-order valence-corrected chi connectivity index (χ1v) is 9.59. The van der Waals surface area contributed by atoms with Crippen LogP contribution in [0.2, 0.25) is 0 Å². The molecule has 3 aromatic rings. The molecule has 0 spiro atoms. The first-order valence-electron chi connectivity index (χ1n) is 9.59. The first-order chi connectivity index (χ1) is 12.8. The van der Waals surface area contributed by atoms with Crippen molar-refractivity contribution in [1.82, 2.24) is 20.3 Å². The van der Waals surface area contributed by atoms with E-state index in [0.29, 0.717) is 6.42 Å². The van der Waals surface area contributed by atoms with Gasteiger partial charge in [0.1, 0.15) is 11.5 Å². The van der Waals surface area contributed by atoms with Gasteiger partial charge >= 0.3 is 0 Å². The van der Waals surface area contributed by atoms with E-state index < -0.39 is 0 Å². The summed E-state index contributed by atoms with van der Waals surface area (Å²) in [6, 6.07) is 3.90. The summed E-state index contributed by atoms with van der Waals surface area (Å²) in [6.07, 6.45) is 7.05. The van der Waals surface area contributed by atoms with Crippen LogP contribution in [0.5, 0.6) is 0 Å². The quantitative estimate of drug-likeness (QED) is 0.710. The Hall–Kier alpha value is -2.50. The molecule has 0 aromatic carbocycles. The topological polar surface area (TPSA) is 84.7 Å². The van der Waals surface area contributed by atoms with E-state index in [1.807, 2.05) is 26.0 Å². The molecule has 0 saturated heterocycles. The van der Waals surface area contributed by atoms with Gasteiger partial charge in [0.15, 0.2) is 11.4 Å². The van der Waals surface area contributed by atoms with E-state index in [4.69, 9.17) is 4.52 Å². The fourth-order valence-corrected chi connectivity index (χ4v) is 3.44. The maximum Gasteiger partial charge on any atom is 0.155 e. The number of nitrogens with one attached hydrogen (secondary N) is 1. The fraction of sp³-hybridized carbons (Fsp3) is 0.500. The van der Waals surface area contributed by atoms with Crippen LogP contribution in [0.4, 0.5) is 0 Å². The van der Waals surface area contributed by atoms with Gasteiger partial charge in [-0.2, -0.15) is 5.10 Å². The molecule has 1 aliphatic carbocycles. The second-order valence-electron chi connectivity index (χ2n) is 6.39. The van der Waals surface area contributed by atoms with Gasteiger partial charge in [0.25, 0.3) is 0 Å². The summed E-state index contributed by atoms with van der Waals surface area (Å²) in [7, 11) is 0. The Kier molecular flexibility index (Phi) is 5.81. The summed E-state index contributed by atoms with van der Waals surface area (Å²) in [6.45, 7) is 6.10. The Bertz CT molecular complexity index is 881. The van der Waals surface area contributed by atoms with Crippen LogP contribution in [0, 0.1) is 0 Å². The standard InChI is InChI=1S/C18H20N4O2.C2H6/c1-2-3-7-15(23)12-5-4-6-13-16(22-24-17(12)13)14-9-8-11-10-19-21-18(11)20-14;1-2/h8-10,12H,2-7H2,1H3,(H,19,20,21);1-2H3. The van der Waals surface area contributed by atoms with Gasteiger partial charge in [0.2, 0.25) is 0 Å². The highest BCUT2D eigenvalue weighted by Crippen LogP contribution is 2.38. The molecule has 0 saturated carbocycles.